The van der Waals surface area contributed by atoms with Gasteiger partial charge in [0, 0.05) is 61.5 Å². The molecule has 0 atom stereocenters. The molecule has 2 aliphatic heterocycles. The Labute approximate surface area is 547 Å². The normalized spacial score (nSPS) is 12.8. The van der Waals surface area contributed by atoms with Crippen LogP contribution in [0.4, 0.5) is 34.1 Å². The number of benzene rings is 16. The molecule has 0 bridgehead atoms. The molecule has 3 nitrogen and oxygen atoms in total. The SMILES string of the molecule is CC(C)(C)c1cc2c3c(c1)N(c1c(-c4ccccc4)cccc1-c1ccccc1)c1cc(-n4c5ccccc5c5ccccc54)ccc1B3c1ccc(-c3cc4cccc5c6cccc7cccc(c(c3)c45)c76)cc1N2c1c(-c2ccccc2)cccc1-c1ccccc1. The van der Waals surface area contributed by atoms with E-state index in [2.05, 4.69) is 357 Å². The number of para-hydroxylation sites is 4. The summed E-state index contributed by atoms with van der Waals surface area (Å²) in [6, 6.07) is 121. The lowest BCUT2D eigenvalue weighted by Gasteiger charge is -2.46. The molecule has 94 heavy (non-hydrogen) atoms. The zero-order chi connectivity index (χ0) is 62.3. The van der Waals surface area contributed by atoms with Gasteiger partial charge in [-0.15, -0.1) is 0 Å². The van der Waals surface area contributed by atoms with Gasteiger partial charge in [0.25, 0.3) is 6.71 Å². The van der Waals surface area contributed by atoms with E-state index in [1.165, 1.54) is 98.1 Å². The van der Waals surface area contributed by atoms with E-state index < -0.39 is 0 Å². The first-order valence-corrected chi connectivity index (χ1v) is 32.9. The Kier molecular flexibility index (Phi) is 12.0. The smallest absolute Gasteiger partial charge is 0.252 e. The second-order valence-electron chi connectivity index (χ2n) is 26.7. The van der Waals surface area contributed by atoms with Crippen molar-refractivity contribution in [1.29, 1.82) is 0 Å². The third kappa shape index (κ3) is 8.19. The van der Waals surface area contributed by atoms with Gasteiger partial charge in [-0.2, -0.15) is 0 Å². The van der Waals surface area contributed by atoms with E-state index in [1.54, 1.807) is 0 Å². The molecule has 19 rings (SSSR count). The molecule has 440 valence electrons. The molecule has 3 heterocycles. The van der Waals surface area contributed by atoms with E-state index in [-0.39, 0.29) is 12.1 Å². The molecule has 0 aliphatic carbocycles. The van der Waals surface area contributed by atoms with Crippen LogP contribution < -0.4 is 26.2 Å². The number of hydrogen-bond donors (Lipinski definition) is 0. The first kappa shape index (κ1) is 54.1. The highest BCUT2D eigenvalue weighted by Gasteiger charge is 2.46. The predicted octanol–water partition coefficient (Wildman–Crippen LogP) is 22.5. The summed E-state index contributed by atoms with van der Waals surface area (Å²) in [5, 5.41) is 12.8. The summed E-state index contributed by atoms with van der Waals surface area (Å²) in [5.41, 5.74) is 26.7. The van der Waals surface area contributed by atoms with E-state index >= 15 is 0 Å². The van der Waals surface area contributed by atoms with Gasteiger partial charge >= 0.3 is 0 Å². The molecule has 4 heteroatoms. The topological polar surface area (TPSA) is 11.4 Å². The molecule has 0 fully saturated rings. The first-order valence-electron chi connectivity index (χ1n) is 32.9. The molecule has 0 amide bonds. The Morgan fingerprint density at radius 2 is 0.681 bits per heavy atom. The fraction of sp³-hybridized carbons (Fsp3) is 0.0444. The van der Waals surface area contributed by atoms with Gasteiger partial charge in [0.1, 0.15) is 0 Å². The molecule has 0 spiro atoms. The van der Waals surface area contributed by atoms with E-state index in [0.29, 0.717) is 0 Å². The van der Waals surface area contributed by atoms with Crippen molar-refractivity contribution < 1.29 is 0 Å². The third-order valence-corrected chi connectivity index (χ3v) is 20.4. The zero-order valence-electron chi connectivity index (χ0n) is 52.5. The van der Waals surface area contributed by atoms with Crippen molar-refractivity contribution in [2.45, 2.75) is 26.2 Å². The Morgan fingerprint density at radius 3 is 1.17 bits per heavy atom. The van der Waals surface area contributed by atoms with Crippen LogP contribution in [0.5, 0.6) is 0 Å². The molecule has 0 saturated carbocycles. The number of nitrogens with zero attached hydrogens (tertiary/aromatic N) is 3. The lowest BCUT2D eigenvalue weighted by atomic mass is 9.33. The minimum absolute atomic E-state index is 0.194. The molecular formula is C90H62BN3. The van der Waals surface area contributed by atoms with Crippen molar-refractivity contribution in [2.24, 2.45) is 0 Å². The minimum atomic E-state index is -0.291. The molecule has 16 aromatic carbocycles. The first-order chi connectivity index (χ1) is 46.3. The Hall–Kier alpha value is -11.7. The average molecular weight is 1200 g/mol. The van der Waals surface area contributed by atoms with Crippen molar-refractivity contribution in [3.05, 3.63) is 327 Å². The van der Waals surface area contributed by atoms with Gasteiger partial charge in [0.05, 0.1) is 22.4 Å². The highest BCUT2D eigenvalue weighted by atomic mass is 15.2. The quantitative estimate of drug-likeness (QED) is 0.0853. The van der Waals surface area contributed by atoms with Crippen molar-refractivity contribution in [3.8, 4) is 61.3 Å². The van der Waals surface area contributed by atoms with Crippen LogP contribution in [0.3, 0.4) is 0 Å². The maximum Gasteiger partial charge on any atom is 0.252 e. The average Bonchev–Trinajstić information content (AvgIpc) is 0.768. The van der Waals surface area contributed by atoms with E-state index in [0.717, 1.165) is 84.2 Å². The highest BCUT2D eigenvalue weighted by Crippen LogP contribution is 2.55. The molecular weight excluding hydrogens is 1130 g/mol. The standard InChI is InChI=1S/C90H62BN3/c1-90(2,3)65-54-83-87-84(55-65)94(89-69(59-29-12-6-13-30-59)40-24-41-70(89)60-31-14-7-15-32-60)82-56-66(92-79-45-18-16-36-71(79)72-37-17-19-46-80(72)92)48-50-78(82)91(87)77-49-47-62(64-51-63-35-22-43-74-73-42-20-33-61-34-21-44-75(85(61)73)76(52-64)86(63)74)53-81(77)93(83)88-67(57-25-8-4-9-26-57)38-23-39-68(88)58-27-10-5-11-28-58/h4-56H,1-3H3. The maximum atomic E-state index is 2.70. The summed E-state index contributed by atoms with van der Waals surface area (Å²) in [6.45, 7) is 6.96. The van der Waals surface area contributed by atoms with Crippen LogP contribution in [-0.2, 0) is 5.41 Å². The predicted molar refractivity (Wildman–Crippen MR) is 402 cm³/mol. The van der Waals surface area contributed by atoms with E-state index in [9.17, 15) is 0 Å². The summed E-state index contributed by atoms with van der Waals surface area (Å²) in [5.74, 6) is 0. The number of rotatable bonds is 8. The van der Waals surface area contributed by atoms with Crippen LogP contribution in [-0.4, -0.2) is 11.3 Å². The molecule has 2 aliphatic rings. The van der Waals surface area contributed by atoms with Crippen LogP contribution in [0.15, 0.2) is 322 Å². The number of hydrogen-bond acceptors (Lipinski definition) is 2. The van der Waals surface area contributed by atoms with Gasteiger partial charge in [-0.25, -0.2) is 0 Å². The van der Waals surface area contributed by atoms with Crippen LogP contribution in [0.25, 0.3) is 126 Å². The van der Waals surface area contributed by atoms with Gasteiger partial charge in [-0.3, -0.25) is 0 Å². The third-order valence-electron chi connectivity index (χ3n) is 20.4. The molecule has 0 radical (unpaired) electrons. The molecule has 0 N–H and O–H groups in total. The highest BCUT2D eigenvalue weighted by molar-refractivity contribution is 7.00. The second kappa shape index (κ2) is 20.9. The van der Waals surface area contributed by atoms with Crippen LogP contribution in [0, 0.1) is 0 Å². The fourth-order valence-corrected chi connectivity index (χ4v) is 16.2. The monoisotopic (exact) mass is 1200 g/mol. The largest absolute Gasteiger partial charge is 0.310 e. The lowest BCUT2D eigenvalue weighted by Crippen LogP contribution is -2.61. The van der Waals surface area contributed by atoms with E-state index in [1.807, 2.05) is 0 Å². The summed E-state index contributed by atoms with van der Waals surface area (Å²) < 4.78 is 2.49. The minimum Gasteiger partial charge on any atom is -0.310 e. The van der Waals surface area contributed by atoms with E-state index in [4.69, 9.17) is 0 Å². The Bertz CT molecular complexity index is 5730. The van der Waals surface area contributed by atoms with Crippen molar-refractivity contribution in [3.63, 3.8) is 0 Å². The van der Waals surface area contributed by atoms with Crippen molar-refractivity contribution in [1.82, 2.24) is 4.57 Å². The molecule has 1 aromatic heterocycles. The van der Waals surface area contributed by atoms with Crippen LogP contribution >= 0.6 is 0 Å². The summed E-state index contributed by atoms with van der Waals surface area (Å²) in [4.78, 5) is 5.39. The van der Waals surface area contributed by atoms with Gasteiger partial charge in [-0.05, 0) is 158 Å². The van der Waals surface area contributed by atoms with Crippen LogP contribution in [0.2, 0.25) is 0 Å². The van der Waals surface area contributed by atoms with Gasteiger partial charge in [-0.1, -0.05) is 288 Å². The zero-order valence-corrected chi connectivity index (χ0v) is 52.5. The maximum absolute atomic E-state index is 2.70. The summed E-state index contributed by atoms with van der Waals surface area (Å²) in [7, 11) is 0. The Morgan fingerprint density at radius 1 is 0.277 bits per heavy atom. The van der Waals surface area contributed by atoms with Crippen molar-refractivity contribution in [2.75, 3.05) is 9.80 Å². The summed E-state index contributed by atoms with van der Waals surface area (Å²) >= 11 is 0. The molecule has 0 saturated heterocycles. The molecule has 0 unspecified atom stereocenters. The van der Waals surface area contributed by atoms with Gasteiger partial charge in [0.2, 0.25) is 0 Å². The lowest BCUT2D eigenvalue weighted by molar-refractivity contribution is 0.590. The van der Waals surface area contributed by atoms with Crippen LogP contribution in [0.1, 0.15) is 26.3 Å². The number of aromatic nitrogens is 1. The summed E-state index contributed by atoms with van der Waals surface area (Å²) in [6.07, 6.45) is 0. The van der Waals surface area contributed by atoms with Gasteiger partial charge < -0.3 is 14.4 Å². The Balaban J connectivity index is 0.966. The fourth-order valence-electron chi connectivity index (χ4n) is 16.2. The number of anilines is 6. The molecule has 17 aromatic rings. The number of fused-ring (bicyclic) bond motifs is 9. The second-order valence-corrected chi connectivity index (χ2v) is 26.7. The van der Waals surface area contributed by atoms with Crippen molar-refractivity contribution >= 4 is 122 Å². The van der Waals surface area contributed by atoms with Gasteiger partial charge in [0.15, 0.2) is 0 Å².